The number of nitrogens with zero attached hydrogens (tertiary/aromatic N) is 1. The van der Waals surface area contributed by atoms with Gasteiger partial charge in [-0.1, -0.05) is 12.1 Å². The molecule has 0 aliphatic rings. The van der Waals surface area contributed by atoms with E-state index in [-0.39, 0.29) is 24.0 Å². The average molecular weight is 384 g/mol. The zero-order valence-corrected chi connectivity index (χ0v) is 15.5. The quantitative estimate of drug-likeness (QED) is 0.308. The number of amides is 1. The van der Waals surface area contributed by atoms with Gasteiger partial charge in [0, 0.05) is 24.2 Å². The molecular formula is C20H20N2O6. The van der Waals surface area contributed by atoms with E-state index < -0.39 is 4.92 Å². The molecule has 2 aromatic carbocycles. The lowest BCUT2D eigenvalue weighted by molar-refractivity contribution is -0.384. The number of carbonyl (C=O) groups is 2. The van der Waals surface area contributed by atoms with Crippen molar-refractivity contribution in [1.29, 1.82) is 0 Å². The molecule has 8 nitrogen and oxygen atoms in total. The molecule has 0 spiro atoms. The second kappa shape index (κ2) is 9.86. The first-order valence-corrected chi connectivity index (χ1v) is 8.49. The van der Waals surface area contributed by atoms with E-state index in [4.69, 9.17) is 9.47 Å². The number of nitro groups is 1. The van der Waals surface area contributed by atoms with Crippen LogP contribution in [0.5, 0.6) is 11.5 Å². The molecule has 8 heteroatoms. The van der Waals surface area contributed by atoms with Crippen LogP contribution in [0.25, 0.3) is 6.08 Å². The Hall–Kier alpha value is -3.68. The first-order valence-electron chi connectivity index (χ1n) is 8.49. The Morgan fingerprint density at radius 3 is 2.46 bits per heavy atom. The van der Waals surface area contributed by atoms with Gasteiger partial charge in [0.05, 0.1) is 12.0 Å². The summed E-state index contributed by atoms with van der Waals surface area (Å²) in [6.45, 7) is 2.21. The number of ketones is 1. The maximum absolute atomic E-state index is 12.2. The van der Waals surface area contributed by atoms with Gasteiger partial charge in [-0.2, -0.15) is 0 Å². The second-order valence-electron chi connectivity index (χ2n) is 5.65. The Labute approximate surface area is 161 Å². The van der Waals surface area contributed by atoms with Gasteiger partial charge in [-0.3, -0.25) is 19.7 Å². The van der Waals surface area contributed by atoms with Crippen LogP contribution in [0.4, 0.5) is 5.69 Å². The summed E-state index contributed by atoms with van der Waals surface area (Å²) in [5.41, 5.74) is 0.960. The summed E-state index contributed by atoms with van der Waals surface area (Å²) in [5.74, 6) is 0.314. The maximum atomic E-state index is 12.2. The largest absolute Gasteiger partial charge is 0.493 e. The highest BCUT2D eigenvalue weighted by Gasteiger charge is 2.09. The highest BCUT2D eigenvalue weighted by atomic mass is 16.6. The number of rotatable bonds is 9. The van der Waals surface area contributed by atoms with Crippen molar-refractivity contribution in [2.75, 3.05) is 20.3 Å². The molecule has 2 aromatic rings. The highest BCUT2D eigenvalue weighted by molar-refractivity contribution is 6.06. The Morgan fingerprint density at radius 1 is 1.14 bits per heavy atom. The molecule has 0 bridgehead atoms. The van der Waals surface area contributed by atoms with Crippen LogP contribution in [0, 0.1) is 10.1 Å². The fraction of sp³-hybridized carbons (Fsp3) is 0.200. The second-order valence-corrected chi connectivity index (χ2v) is 5.65. The normalized spacial score (nSPS) is 10.5. The molecule has 28 heavy (non-hydrogen) atoms. The summed E-state index contributed by atoms with van der Waals surface area (Å²) in [7, 11) is 1.48. The molecular weight excluding hydrogens is 364 g/mol. The topological polar surface area (TPSA) is 108 Å². The third-order valence-corrected chi connectivity index (χ3v) is 3.71. The maximum Gasteiger partial charge on any atom is 0.269 e. The molecule has 0 radical (unpaired) electrons. The summed E-state index contributed by atoms with van der Waals surface area (Å²) in [6.07, 6.45) is 2.96. The molecule has 0 unspecified atom stereocenters. The fourth-order valence-electron chi connectivity index (χ4n) is 2.31. The van der Waals surface area contributed by atoms with Crippen molar-refractivity contribution in [1.82, 2.24) is 5.32 Å². The van der Waals surface area contributed by atoms with Crippen LogP contribution < -0.4 is 14.8 Å². The zero-order chi connectivity index (χ0) is 20.5. The van der Waals surface area contributed by atoms with Crippen LogP contribution in [0.15, 0.2) is 48.5 Å². The van der Waals surface area contributed by atoms with E-state index in [1.165, 1.54) is 37.5 Å². The Balaban J connectivity index is 2.07. The van der Waals surface area contributed by atoms with E-state index in [1.807, 2.05) is 6.92 Å². The van der Waals surface area contributed by atoms with Crippen molar-refractivity contribution in [3.63, 3.8) is 0 Å². The lowest BCUT2D eigenvalue weighted by Crippen LogP contribution is -2.28. The number of nitrogens with one attached hydrogen (secondary N) is 1. The molecule has 0 aliphatic heterocycles. The molecule has 0 aliphatic carbocycles. The third-order valence-electron chi connectivity index (χ3n) is 3.71. The molecule has 0 fully saturated rings. The first-order chi connectivity index (χ1) is 13.4. The number of allylic oxidation sites excluding steroid dienone is 1. The molecule has 0 saturated heterocycles. The lowest BCUT2D eigenvalue weighted by Gasteiger charge is -2.11. The van der Waals surface area contributed by atoms with Crippen LogP contribution in [0.2, 0.25) is 0 Å². The standard InChI is InChI=1S/C20H20N2O6/c1-3-21-20(24)13-28-18-11-5-14(12-19(18)27-2)4-10-17(23)15-6-8-16(9-7-15)22(25)26/h4-12H,3,13H2,1-2H3,(H,21,24)/b10-4+. The van der Waals surface area contributed by atoms with Gasteiger partial charge in [0.1, 0.15) is 0 Å². The van der Waals surface area contributed by atoms with Crippen LogP contribution in [0.3, 0.4) is 0 Å². The van der Waals surface area contributed by atoms with E-state index >= 15 is 0 Å². The molecule has 2 rings (SSSR count). The van der Waals surface area contributed by atoms with E-state index in [1.54, 1.807) is 24.3 Å². The summed E-state index contributed by atoms with van der Waals surface area (Å²) < 4.78 is 10.7. The number of non-ortho nitro benzene ring substituents is 1. The van der Waals surface area contributed by atoms with Gasteiger partial charge in [0.2, 0.25) is 0 Å². The van der Waals surface area contributed by atoms with Gasteiger partial charge >= 0.3 is 0 Å². The zero-order valence-electron chi connectivity index (χ0n) is 15.5. The van der Waals surface area contributed by atoms with Crippen molar-refractivity contribution in [2.45, 2.75) is 6.92 Å². The van der Waals surface area contributed by atoms with E-state index in [9.17, 15) is 19.7 Å². The number of nitro benzene ring substituents is 1. The number of methoxy groups -OCH3 is 1. The molecule has 1 N–H and O–H groups in total. The fourth-order valence-corrected chi connectivity index (χ4v) is 2.31. The van der Waals surface area contributed by atoms with E-state index in [0.717, 1.165) is 0 Å². The smallest absolute Gasteiger partial charge is 0.269 e. The Kier molecular flexibility index (Phi) is 7.27. The van der Waals surface area contributed by atoms with Crippen molar-refractivity contribution < 1.29 is 24.0 Å². The van der Waals surface area contributed by atoms with Gasteiger partial charge < -0.3 is 14.8 Å². The number of hydrogen-bond acceptors (Lipinski definition) is 6. The van der Waals surface area contributed by atoms with Crippen LogP contribution in [-0.2, 0) is 4.79 Å². The minimum Gasteiger partial charge on any atom is -0.493 e. The van der Waals surface area contributed by atoms with Gasteiger partial charge in [0.15, 0.2) is 23.9 Å². The number of benzene rings is 2. The SMILES string of the molecule is CCNC(=O)COc1ccc(/C=C/C(=O)c2ccc([N+](=O)[O-])cc2)cc1OC. The molecule has 1 amide bonds. The first kappa shape index (κ1) is 20.6. The third kappa shape index (κ3) is 5.66. The van der Waals surface area contributed by atoms with Gasteiger partial charge in [-0.25, -0.2) is 0 Å². The summed E-state index contributed by atoms with van der Waals surface area (Å²) in [5, 5.41) is 13.3. The number of likely N-dealkylation sites (N-methyl/N-ethyl adjacent to an activating group) is 1. The van der Waals surface area contributed by atoms with Crippen molar-refractivity contribution >= 4 is 23.5 Å². The number of hydrogen-bond donors (Lipinski definition) is 1. The summed E-state index contributed by atoms with van der Waals surface area (Å²) in [4.78, 5) is 33.8. The van der Waals surface area contributed by atoms with Gasteiger partial charge in [-0.05, 0) is 42.8 Å². The molecule has 146 valence electrons. The van der Waals surface area contributed by atoms with Crippen LogP contribution >= 0.6 is 0 Å². The molecule has 0 aromatic heterocycles. The van der Waals surface area contributed by atoms with Gasteiger partial charge in [0.25, 0.3) is 11.6 Å². The summed E-state index contributed by atoms with van der Waals surface area (Å²) >= 11 is 0. The average Bonchev–Trinajstić information content (AvgIpc) is 2.70. The van der Waals surface area contributed by atoms with Crippen molar-refractivity contribution in [3.8, 4) is 11.5 Å². The van der Waals surface area contributed by atoms with E-state index in [2.05, 4.69) is 5.32 Å². The summed E-state index contributed by atoms with van der Waals surface area (Å²) in [6, 6.07) is 10.4. The van der Waals surface area contributed by atoms with Crippen molar-refractivity contribution in [2.24, 2.45) is 0 Å². The van der Waals surface area contributed by atoms with Gasteiger partial charge in [-0.15, -0.1) is 0 Å². The number of ether oxygens (including phenoxy) is 2. The Morgan fingerprint density at radius 2 is 1.86 bits per heavy atom. The minimum atomic E-state index is -0.522. The predicted octanol–water partition coefficient (Wildman–Crippen LogP) is 3.01. The highest BCUT2D eigenvalue weighted by Crippen LogP contribution is 2.28. The van der Waals surface area contributed by atoms with Crippen LogP contribution in [0.1, 0.15) is 22.8 Å². The number of carbonyl (C=O) groups excluding carboxylic acids is 2. The Bertz CT molecular complexity index is 890. The molecule has 0 atom stereocenters. The molecule has 0 saturated carbocycles. The lowest BCUT2D eigenvalue weighted by atomic mass is 10.1. The predicted molar refractivity (Wildman–Crippen MR) is 104 cm³/mol. The van der Waals surface area contributed by atoms with Crippen LogP contribution in [-0.4, -0.2) is 36.9 Å². The molecule has 0 heterocycles. The van der Waals surface area contributed by atoms with E-state index in [0.29, 0.717) is 29.2 Å². The minimum absolute atomic E-state index is 0.0755. The van der Waals surface area contributed by atoms with Crippen molar-refractivity contribution in [3.05, 3.63) is 69.8 Å². The monoisotopic (exact) mass is 384 g/mol.